The molecule has 0 spiro atoms. The Morgan fingerprint density at radius 1 is 1.29 bits per heavy atom. The number of benzene rings is 1. The third kappa shape index (κ3) is 4.32. The predicted octanol–water partition coefficient (Wildman–Crippen LogP) is 4.26. The first kappa shape index (κ1) is 15.6. The van der Waals surface area contributed by atoms with Crippen molar-refractivity contribution in [3.8, 4) is 11.6 Å². The van der Waals surface area contributed by atoms with Crippen LogP contribution in [0.3, 0.4) is 0 Å². The van der Waals surface area contributed by atoms with E-state index in [-0.39, 0.29) is 5.82 Å². The minimum absolute atomic E-state index is 0.295. The highest BCUT2D eigenvalue weighted by Gasteiger charge is 2.07. The molecule has 1 aromatic heterocycles. The molecule has 0 unspecified atom stereocenters. The molecule has 0 fully saturated rings. The fourth-order valence-corrected chi connectivity index (χ4v) is 2.02. The largest absolute Gasteiger partial charge is 0.439 e. The topological polar surface area (TPSA) is 47.0 Å². The molecule has 1 aromatic carbocycles. The van der Waals surface area contributed by atoms with Gasteiger partial charge in [0.15, 0.2) is 5.16 Å². The van der Waals surface area contributed by atoms with Gasteiger partial charge in [0.1, 0.15) is 17.4 Å². The zero-order valence-corrected chi connectivity index (χ0v) is 13.1. The van der Waals surface area contributed by atoms with Gasteiger partial charge in [0.25, 0.3) is 0 Å². The number of halogens is 1. The Bertz CT molecular complexity index is 622. The maximum atomic E-state index is 13.5. The molecule has 0 saturated carbocycles. The standard InChI is InChI=1S/C15H18FN3OS/c1-4-7-17-13-9-14(19-15(18-13)21-3)20-11-6-5-10(2)12(16)8-11/h5-6,8-9H,4,7H2,1-3H3,(H,17,18,19). The number of rotatable bonds is 6. The summed E-state index contributed by atoms with van der Waals surface area (Å²) in [6, 6.07) is 6.47. The van der Waals surface area contributed by atoms with Crippen LogP contribution in [0.5, 0.6) is 11.6 Å². The Hall–Kier alpha value is -1.82. The molecular weight excluding hydrogens is 289 g/mol. The van der Waals surface area contributed by atoms with Crippen LogP contribution in [0.4, 0.5) is 10.2 Å². The molecular formula is C15H18FN3OS. The number of hydrogen-bond donors (Lipinski definition) is 1. The zero-order valence-electron chi connectivity index (χ0n) is 12.3. The molecule has 1 N–H and O–H groups in total. The van der Waals surface area contributed by atoms with Crippen LogP contribution in [0.25, 0.3) is 0 Å². The zero-order chi connectivity index (χ0) is 15.2. The van der Waals surface area contributed by atoms with Crippen molar-refractivity contribution < 1.29 is 9.13 Å². The highest BCUT2D eigenvalue weighted by molar-refractivity contribution is 7.98. The van der Waals surface area contributed by atoms with E-state index in [2.05, 4.69) is 22.2 Å². The van der Waals surface area contributed by atoms with Crippen molar-refractivity contribution in [3.63, 3.8) is 0 Å². The fraction of sp³-hybridized carbons (Fsp3) is 0.333. The Morgan fingerprint density at radius 3 is 2.76 bits per heavy atom. The molecule has 2 aromatic rings. The Kier molecular flexibility index (Phi) is 5.38. The van der Waals surface area contributed by atoms with Gasteiger partial charge in [-0.15, -0.1) is 0 Å². The maximum Gasteiger partial charge on any atom is 0.225 e. The lowest BCUT2D eigenvalue weighted by molar-refractivity contribution is 0.451. The summed E-state index contributed by atoms with van der Waals surface area (Å²) < 4.78 is 19.2. The summed E-state index contributed by atoms with van der Waals surface area (Å²) in [6.07, 6.45) is 2.90. The van der Waals surface area contributed by atoms with E-state index < -0.39 is 0 Å². The van der Waals surface area contributed by atoms with Gasteiger partial charge in [0.2, 0.25) is 5.88 Å². The number of aromatic nitrogens is 2. The van der Waals surface area contributed by atoms with Crippen LogP contribution in [0, 0.1) is 12.7 Å². The van der Waals surface area contributed by atoms with E-state index in [0.29, 0.717) is 28.2 Å². The number of anilines is 1. The summed E-state index contributed by atoms with van der Waals surface area (Å²) >= 11 is 1.43. The predicted molar refractivity (Wildman–Crippen MR) is 83.8 cm³/mol. The first-order chi connectivity index (χ1) is 10.1. The van der Waals surface area contributed by atoms with E-state index in [1.807, 2.05) is 6.26 Å². The van der Waals surface area contributed by atoms with Crippen LogP contribution in [0.1, 0.15) is 18.9 Å². The van der Waals surface area contributed by atoms with Gasteiger partial charge in [0, 0.05) is 18.7 Å². The van der Waals surface area contributed by atoms with Crippen LogP contribution < -0.4 is 10.1 Å². The van der Waals surface area contributed by atoms with Crippen LogP contribution in [0.15, 0.2) is 29.4 Å². The summed E-state index contributed by atoms with van der Waals surface area (Å²) in [5.41, 5.74) is 0.583. The van der Waals surface area contributed by atoms with Gasteiger partial charge in [-0.25, -0.2) is 9.37 Å². The Labute approximate surface area is 128 Å². The second-order valence-electron chi connectivity index (χ2n) is 4.52. The smallest absolute Gasteiger partial charge is 0.225 e. The van der Waals surface area contributed by atoms with E-state index in [1.54, 1.807) is 25.1 Å². The molecule has 0 amide bonds. The van der Waals surface area contributed by atoms with E-state index in [1.165, 1.54) is 17.8 Å². The molecule has 1 heterocycles. The van der Waals surface area contributed by atoms with E-state index in [9.17, 15) is 4.39 Å². The molecule has 0 bridgehead atoms. The lowest BCUT2D eigenvalue weighted by Gasteiger charge is -2.10. The highest BCUT2D eigenvalue weighted by atomic mass is 32.2. The average molecular weight is 307 g/mol. The van der Waals surface area contributed by atoms with Crippen molar-refractivity contribution in [2.24, 2.45) is 0 Å². The molecule has 112 valence electrons. The first-order valence-corrected chi connectivity index (χ1v) is 7.95. The molecule has 0 radical (unpaired) electrons. The second kappa shape index (κ2) is 7.26. The monoisotopic (exact) mass is 307 g/mol. The fourth-order valence-electron chi connectivity index (χ4n) is 1.65. The van der Waals surface area contributed by atoms with E-state index in [4.69, 9.17) is 4.74 Å². The van der Waals surface area contributed by atoms with Gasteiger partial charge in [-0.2, -0.15) is 4.98 Å². The van der Waals surface area contributed by atoms with Crippen LogP contribution in [0.2, 0.25) is 0 Å². The molecule has 0 atom stereocenters. The van der Waals surface area contributed by atoms with Crippen LogP contribution in [-0.2, 0) is 0 Å². The second-order valence-corrected chi connectivity index (χ2v) is 5.29. The van der Waals surface area contributed by atoms with Crippen molar-refractivity contribution in [1.82, 2.24) is 9.97 Å². The van der Waals surface area contributed by atoms with Gasteiger partial charge in [-0.05, 0) is 31.2 Å². The number of thioether (sulfide) groups is 1. The Balaban J connectivity index is 2.23. The molecule has 2 rings (SSSR count). The summed E-state index contributed by atoms with van der Waals surface area (Å²) in [4.78, 5) is 8.62. The third-order valence-corrected chi connectivity index (χ3v) is 3.33. The molecule has 4 nitrogen and oxygen atoms in total. The van der Waals surface area contributed by atoms with Crippen molar-refractivity contribution in [1.29, 1.82) is 0 Å². The van der Waals surface area contributed by atoms with Gasteiger partial charge < -0.3 is 10.1 Å². The minimum Gasteiger partial charge on any atom is -0.439 e. The van der Waals surface area contributed by atoms with E-state index >= 15 is 0 Å². The molecule has 0 aliphatic heterocycles. The number of aryl methyl sites for hydroxylation is 1. The third-order valence-electron chi connectivity index (χ3n) is 2.79. The number of hydrogen-bond acceptors (Lipinski definition) is 5. The summed E-state index contributed by atoms with van der Waals surface area (Å²) in [7, 11) is 0. The van der Waals surface area contributed by atoms with Crippen molar-refractivity contribution in [2.45, 2.75) is 25.4 Å². The van der Waals surface area contributed by atoms with Gasteiger partial charge in [0.05, 0.1) is 0 Å². The normalized spacial score (nSPS) is 10.5. The molecule has 6 heteroatoms. The highest BCUT2D eigenvalue weighted by Crippen LogP contribution is 2.25. The van der Waals surface area contributed by atoms with Gasteiger partial charge in [-0.3, -0.25) is 0 Å². The average Bonchev–Trinajstić information content (AvgIpc) is 2.48. The quantitative estimate of drug-likeness (QED) is 0.638. The number of ether oxygens (including phenoxy) is 1. The number of nitrogens with zero attached hydrogens (tertiary/aromatic N) is 2. The van der Waals surface area contributed by atoms with E-state index in [0.717, 1.165) is 13.0 Å². The summed E-state index contributed by atoms with van der Waals surface area (Å²) in [6.45, 7) is 4.61. The molecule has 0 aliphatic carbocycles. The van der Waals surface area contributed by atoms with Crippen molar-refractivity contribution >= 4 is 17.6 Å². The lowest BCUT2D eigenvalue weighted by Crippen LogP contribution is -2.04. The van der Waals surface area contributed by atoms with Crippen molar-refractivity contribution in [2.75, 3.05) is 18.1 Å². The first-order valence-electron chi connectivity index (χ1n) is 6.73. The maximum absolute atomic E-state index is 13.5. The summed E-state index contributed by atoms with van der Waals surface area (Å²) in [5.74, 6) is 1.23. The molecule has 0 saturated heterocycles. The van der Waals surface area contributed by atoms with Crippen LogP contribution in [-0.4, -0.2) is 22.8 Å². The summed E-state index contributed by atoms with van der Waals surface area (Å²) in [5, 5.41) is 3.81. The minimum atomic E-state index is -0.295. The number of nitrogens with one attached hydrogen (secondary N) is 1. The SMILES string of the molecule is CCCNc1cc(Oc2ccc(C)c(F)c2)nc(SC)n1. The van der Waals surface area contributed by atoms with Crippen LogP contribution >= 0.6 is 11.8 Å². The lowest BCUT2D eigenvalue weighted by atomic mass is 10.2. The van der Waals surface area contributed by atoms with Gasteiger partial charge >= 0.3 is 0 Å². The molecule has 0 aliphatic rings. The van der Waals surface area contributed by atoms with Gasteiger partial charge in [-0.1, -0.05) is 24.8 Å². The molecule has 21 heavy (non-hydrogen) atoms. The Morgan fingerprint density at radius 2 is 2.10 bits per heavy atom. The van der Waals surface area contributed by atoms with Crippen molar-refractivity contribution in [3.05, 3.63) is 35.6 Å².